The van der Waals surface area contributed by atoms with E-state index in [1.807, 2.05) is 84.9 Å². The second-order valence-corrected chi connectivity index (χ2v) is 12.7. The second kappa shape index (κ2) is 12.3. The van der Waals surface area contributed by atoms with Gasteiger partial charge in [-0.25, -0.2) is 19.9 Å². The Morgan fingerprint density at radius 1 is 0.365 bits per heavy atom. The van der Waals surface area contributed by atoms with Crippen LogP contribution in [0.2, 0.25) is 0 Å². The van der Waals surface area contributed by atoms with Gasteiger partial charge in [-0.3, -0.25) is 0 Å². The minimum absolute atomic E-state index is 0.614. The molecule has 0 fully saturated rings. The summed E-state index contributed by atoms with van der Waals surface area (Å²) in [7, 11) is 0. The Kier molecular flexibility index (Phi) is 7.03. The minimum atomic E-state index is 0.614. The molecule has 3 heterocycles. The molecular weight excluding hydrogens is 639 g/mol. The maximum Gasteiger partial charge on any atom is 0.227 e. The number of fused-ring (bicyclic) bond motifs is 4. The van der Waals surface area contributed by atoms with Crippen LogP contribution < -0.4 is 0 Å². The average Bonchev–Trinajstić information content (AvgIpc) is 3.81. The van der Waals surface area contributed by atoms with Crippen LogP contribution in [0, 0.1) is 0 Å². The molecule has 0 saturated carbocycles. The third-order valence-corrected chi connectivity index (χ3v) is 9.52. The first-order valence-corrected chi connectivity index (χ1v) is 17.2. The fraction of sp³-hybridized carbons (Fsp3) is 0. The molecule has 0 aliphatic rings. The van der Waals surface area contributed by atoms with Crippen LogP contribution in [0.25, 0.3) is 95.3 Å². The molecular formula is C46H29N5O. The van der Waals surface area contributed by atoms with Gasteiger partial charge in [-0.15, -0.1) is 0 Å². The zero-order valence-corrected chi connectivity index (χ0v) is 27.9. The Morgan fingerprint density at radius 2 is 0.865 bits per heavy atom. The van der Waals surface area contributed by atoms with E-state index in [9.17, 15) is 0 Å². The molecule has 244 valence electrons. The van der Waals surface area contributed by atoms with Crippen molar-refractivity contribution in [1.29, 1.82) is 0 Å². The number of para-hydroxylation sites is 3. The summed E-state index contributed by atoms with van der Waals surface area (Å²) in [4.78, 5) is 19.4. The zero-order chi connectivity index (χ0) is 34.4. The van der Waals surface area contributed by atoms with Gasteiger partial charge in [0.2, 0.25) is 5.89 Å². The Bertz CT molecular complexity index is 2790. The van der Waals surface area contributed by atoms with Crippen molar-refractivity contribution in [2.24, 2.45) is 0 Å². The minimum Gasteiger partial charge on any atom is -0.436 e. The highest BCUT2D eigenvalue weighted by atomic mass is 16.3. The Balaban J connectivity index is 1.00. The van der Waals surface area contributed by atoms with E-state index in [1.54, 1.807) is 0 Å². The summed E-state index contributed by atoms with van der Waals surface area (Å²) in [5.74, 6) is 2.55. The quantitative estimate of drug-likeness (QED) is 0.176. The fourth-order valence-corrected chi connectivity index (χ4v) is 6.93. The van der Waals surface area contributed by atoms with Crippen LogP contribution in [0.5, 0.6) is 0 Å². The van der Waals surface area contributed by atoms with Gasteiger partial charge in [0.1, 0.15) is 5.52 Å². The van der Waals surface area contributed by atoms with Crippen molar-refractivity contribution in [2.45, 2.75) is 0 Å². The molecule has 0 unspecified atom stereocenters. The molecule has 0 aliphatic carbocycles. The summed E-state index contributed by atoms with van der Waals surface area (Å²) in [5, 5.41) is 2.38. The van der Waals surface area contributed by atoms with Gasteiger partial charge in [0.05, 0.1) is 11.0 Å². The first-order valence-electron chi connectivity index (χ1n) is 17.2. The zero-order valence-electron chi connectivity index (χ0n) is 27.9. The topological polar surface area (TPSA) is 69.6 Å². The highest BCUT2D eigenvalue weighted by Gasteiger charge is 2.16. The monoisotopic (exact) mass is 667 g/mol. The molecule has 52 heavy (non-hydrogen) atoms. The first kappa shape index (κ1) is 29.7. The van der Waals surface area contributed by atoms with Crippen LogP contribution in [-0.2, 0) is 0 Å². The van der Waals surface area contributed by atoms with Crippen molar-refractivity contribution in [3.05, 3.63) is 176 Å². The van der Waals surface area contributed by atoms with E-state index in [4.69, 9.17) is 24.4 Å². The van der Waals surface area contributed by atoms with E-state index in [1.165, 1.54) is 10.8 Å². The molecule has 7 aromatic carbocycles. The van der Waals surface area contributed by atoms with Crippen LogP contribution >= 0.6 is 0 Å². The summed E-state index contributed by atoms with van der Waals surface area (Å²) >= 11 is 0. The van der Waals surface area contributed by atoms with E-state index in [2.05, 4.69) is 95.6 Å². The number of hydrogen-bond acceptors (Lipinski definition) is 5. The van der Waals surface area contributed by atoms with E-state index in [0.717, 1.165) is 61.2 Å². The molecule has 10 rings (SSSR count). The number of aromatic nitrogens is 5. The van der Waals surface area contributed by atoms with Gasteiger partial charge < -0.3 is 8.98 Å². The lowest BCUT2D eigenvalue weighted by Gasteiger charge is -2.11. The molecule has 0 bridgehead atoms. The van der Waals surface area contributed by atoms with Crippen LogP contribution in [0.3, 0.4) is 0 Å². The van der Waals surface area contributed by atoms with Crippen molar-refractivity contribution in [3.63, 3.8) is 0 Å². The summed E-state index contributed by atoms with van der Waals surface area (Å²) in [5.41, 5.74) is 10.9. The van der Waals surface area contributed by atoms with Crippen LogP contribution in [-0.4, -0.2) is 24.5 Å². The van der Waals surface area contributed by atoms with Crippen molar-refractivity contribution in [1.82, 2.24) is 24.5 Å². The molecule has 0 saturated heterocycles. The van der Waals surface area contributed by atoms with Crippen molar-refractivity contribution in [3.8, 4) is 62.4 Å². The van der Waals surface area contributed by atoms with Crippen molar-refractivity contribution < 1.29 is 4.42 Å². The Morgan fingerprint density at radius 3 is 1.52 bits per heavy atom. The third kappa shape index (κ3) is 5.22. The van der Waals surface area contributed by atoms with E-state index in [0.29, 0.717) is 23.4 Å². The van der Waals surface area contributed by atoms with Gasteiger partial charge >= 0.3 is 0 Å². The molecule has 3 aromatic heterocycles. The Labute approximate surface area is 299 Å². The maximum absolute atomic E-state index is 6.14. The summed E-state index contributed by atoms with van der Waals surface area (Å²) in [6.45, 7) is 0. The maximum atomic E-state index is 6.14. The predicted molar refractivity (Wildman–Crippen MR) is 209 cm³/mol. The standard InChI is InChI=1S/C46H29N5O/c1-3-11-32(12-4-1)43-48-44(33-13-5-2-6-14-33)50-45(49-43)34-21-19-30(20-22-34)31-23-26-36(27-24-31)51-40-17-9-7-15-37(40)38-28-25-35(29-41(38)51)46-47-39-16-8-10-18-42(39)52-46/h1-29H. The third-order valence-electron chi connectivity index (χ3n) is 9.52. The lowest BCUT2D eigenvalue weighted by atomic mass is 10.0. The summed E-state index contributed by atoms with van der Waals surface area (Å²) in [6.07, 6.45) is 0. The van der Waals surface area contributed by atoms with Crippen molar-refractivity contribution in [2.75, 3.05) is 0 Å². The van der Waals surface area contributed by atoms with Gasteiger partial charge in [-0.2, -0.15) is 0 Å². The van der Waals surface area contributed by atoms with Gasteiger partial charge in [0.25, 0.3) is 0 Å². The highest BCUT2D eigenvalue weighted by Crippen LogP contribution is 2.36. The lowest BCUT2D eigenvalue weighted by molar-refractivity contribution is 0.620. The van der Waals surface area contributed by atoms with E-state index >= 15 is 0 Å². The molecule has 0 spiro atoms. The smallest absolute Gasteiger partial charge is 0.227 e. The molecule has 0 N–H and O–H groups in total. The number of benzene rings is 7. The van der Waals surface area contributed by atoms with Gasteiger partial charge in [0, 0.05) is 38.7 Å². The summed E-state index contributed by atoms with van der Waals surface area (Å²) in [6, 6.07) is 60.1. The molecule has 0 amide bonds. The number of rotatable bonds is 6. The van der Waals surface area contributed by atoms with Crippen LogP contribution in [0.15, 0.2) is 180 Å². The summed E-state index contributed by atoms with van der Waals surface area (Å²) < 4.78 is 8.46. The molecule has 0 radical (unpaired) electrons. The predicted octanol–water partition coefficient (Wildman–Crippen LogP) is 11.4. The molecule has 6 nitrogen and oxygen atoms in total. The largest absolute Gasteiger partial charge is 0.436 e. The highest BCUT2D eigenvalue weighted by molar-refractivity contribution is 6.10. The normalized spacial score (nSPS) is 11.5. The van der Waals surface area contributed by atoms with E-state index < -0.39 is 0 Å². The van der Waals surface area contributed by atoms with Crippen LogP contribution in [0.4, 0.5) is 0 Å². The molecule has 0 atom stereocenters. The second-order valence-electron chi connectivity index (χ2n) is 12.7. The van der Waals surface area contributed by atoms with E-state index in [-0.39, 0.29) is 0 Å². The molecule has 10 aromatic rings. The molecule has 0 aliphatic heterocycles. The number of nitrogens with zero attached hydrogens (tertiary/aromatic N) is 5. The molecule has 6 heteroatoms. The van der Waals surface area contributed by atoms with Crippen molar-refractivity contribution >= 4 is 32.9 Å². The number of hydrogen-bond donors (Lipinski definition) is 0. The average molecular weight is 668 g/mol. The fourth-order valence-electron chi connectivity index (χ4n) is 6.93. The number of oxazole rings is 1. The van der Waals surface area contributed by atoms with Crippen LogP contribution in [0.1, 0.15) is 0 Å². The SMILES string of the molecule is c1ccc(-c2nc(-c3ccccc3)nc(-c3ccc(-c4ccc(-n5c6ccccc6c6ccc(-c7nc8ccccc8o7)cc65)cc4)cc3)n2)cc1. The Hall–Kier alpha value is -7.18. The first-order chi connectivity index (χ1) is 25.7. The lowest BCUT2D eigenvalue weighted by Crippen LogP contribution is -2.00. The van der Waals surface area contributed by atoms with Gasteiger partial charge in [0.15, 0.2) is 23.1 Å². The van der Waals surface area contributed by atoms with Gasteiger partial charge in [-0.1, -0.05) is 133 Å². The van der Waals surface area contributed by atoms with Gasteiger partial charge in [-0.05, 0) is 53.6 Å².